The average molecular weight is 260 g/mol. The lowest BCUT2D eigenvalue weighted by molar-refractivity contribution is 0.387. The Balaban J connectivity index is 2.24. The van der Waals surface area contributed by atoms with E-state index in [4.69, 9.17) is 5.73 Å². The van der Waals surface area contributed by atoms with Crippen molar-refractivity contribution in [3.8, 4) is 0 Å². The van der Waals surface area contributed by atoms with Crippen molar-refractivity contribution in [3.05, 3.63) is 57.0 Å². The number of allylic oxidation sites excluding steroid dienone is 2. The van der Waals surface area contributed by atoms with E-state index in [9.17, 15) is 9.18 Å². The minimum absolute atomic E-state index is 0.0973. The number of alkyl halides is 1. The van der Waals surface area contributed by atoms with Gasteiger partial charge in [-0.2, -0.15) is 0 Å². The van der Waals surface area contributed by atoms with Gasteiger partial charge in [0.25, 0.3) is 0 Å². The first-order valence-electron chi connectivity index (χ1n) is 6.52. The summed E-state index contributed by atoms with van der Waals surface area (Å²) in [6.45, 7) is 1.51. The molecule has 2 aliphatic rings. The van der Waals surface area contributed by atoms with Gasteiger partial charge in [-0.3, -0.25) is 4.79 Å². The summed E-state index contributed by atoms with van der Waals surface area (Å²) in [5.41, 5.74) is 9.50. The van der Waals surface area contributed by atoms with E-state index in [1.54, 1.807) is 6.07 Å². The molecule has 2 aliphatic carbocycles. The van der Waals surface area contributed by atoms with Crippen molar-refractivity contribution in [3.63, 3.8) is 0 Å². The summed E-state index contributed by atoms with van der Waals surface area (Å²) < 4.78 is 13.0. The van der Waals surface area contributed by atoms with Crippen molar-refractivity contribution in [2.24, 2.45) is 11.7 Å². The van der Waals surface area contributed by atoms with Gasteiger partial charge in [-0.25, -0.2) is 4.39 Å². The van der Waals surface area contributed by atoms with E-state index in [-0.39, 0.29) is 11.5 Å². The summed E-state index contributed by atoms with van der Waals surface area (Å²) >= 11 is 0. The molecule has 1 unspecified atom stereocenters. The maximum absolute atomic E-state index is 13.0. The number of rotatable bonds is 1. The van der Waals surface area contributed by atoms with E-state index in [1.165, 1.54) is 6.07 Å². The van der Waals surface area contributed by atoms with Crippen molar-refractivity contribution in [1.82, 2.24) is 4.98 Å². The third-order valence-electron chi connectivity index (χ3n) is 4.25. The fraction of sp³-hybridized carbons (Fsp3) is 0.400. The summed E-state index contributed by atoms with van der Waals surface area (Å²) in [6, 6.07) is 3.28. The van der Waals surface area contributed by atoms with Gasteiger partial charge in [0.05, 0.1) is 5.54 Å². The lowest BCUT2D eigenvalue weighted by atomic mass is 9.63. The second-order valence-corrected chi connectivity index (χ2v) is 5.38. The highest BCUT2D eigenvalue weighted by atomic mass is 19.1. The Labute approximate surface area is 111 Å². The minimum atomic E-state index is -0.673. The molecule has 0 saturated carbocycles. The van der Waals surface area contributed by atoms with Crippen LogP contribution in [0.1, 0.15) is 24.6 Å². The second-order valence-electron chi connectivity index (χ2n) is 5.38. The lowest BCUT2D eigenvalue weighted by Gasteiger charge is -2.45. The number of nitrogens with two attached hydrogens (primary N) is 1. The van der Waals surface area contributed by atoms with Gasteiger partial charge in [0.15, 0.2) is 0 Å². The molecule has 2 bridgehead atoms. The van der Waals surface area contributed by atoms with E-state index < -0.39 is 12.2 Å². The Bertz CT molecular complexity index is 644. The van der Waals surface area contributed by atoms with Crippen LogP contribution >= 0.6 is 0 Å². The molecule has 0 aliphatic heterocycles. The number of hydrogen-bond donors (Lipinski definition) is 2. The zero-order valence-corrected chi connectivity index (χ0v) is 10.9. The normalized spacial score (nSPS) is 31.0. The standard InChI is InChI=1S/C15H17FN2O/c1-2-11-10-5-9(8-16)7-15(11,17)12-3-4-14(19)18-13(12)6-10/h2-5,10H,6-8,17H2,1H3,(H,18,19)/b11-2+/t10?,15-/m1/s1. The monoisotopic (exact) mass is 260 g/mol. The molecule has 3 rings (SSSR count). The van der Waals surface area contributed by atoms with Gasteiger partial charge in [-0.1, -0.05) is 12.2 Å². The Morgan fingerprint density at radius 3 is 3.05 bits per heavy atom. The molecular formula is C15H17FN2O. The Hall–Kier alpha value is -1.68. The molecule has 3 nitrogen and oxygen atoms in total. The molecule has 1 aromatic rings. The maximum atomic E-state index is 13.0. The second kappa shape index (κ2) is 4.17. The number of H-pyrrole nitrogens is 1. The first-order chi connectivity index (χ1) is 9.08. The summed E-state index contributed by atoms with van der Waals surface area (Å²) in [6.07, 6.45) is 5.17. The van der Waals surface area contributed by atoms with E-state index in [1.807, 2.05) is 19.1 Å². The summed E-state index contributed by atoms with van der Waals surface area (Å²) in [5, 5.41) is 0. The zero-order chi connectivity index (χ0) is 13.6. The smallest absolute Gasteiger partial charge is 0.248 e. The van der Waals surface area contributed by atoms with Crippen LogP contribution in [0.3, 0.4) is 0 Å². The molecule has 0 spiro atoms. The Kier molecular flexibility index (Phi) is 2.71. The van der Waals surface area contributed by atoms with Crippen LogP contribution in [0.5, 0.6) is 0 Å². The number of hydrogen-bond acceptors (Lipinski definition) is 2. The zero-order valence-electron chi connectivity index (χ0n) is 10.9. The van der Waals surface area contributed by atoms with Crippen LogP contribution in [0.25, 0.3) is 0 Å². The molecule has 19 heavy (non-hydrogen) atoms. The van der Waals surface area contributed by atoms with E-state index in [0.717, 1.165) is 22.4 Å². The van der Waals surface area contributed by atoms with Gasteiger partial charge in [0.1, 0.15) is 6.67 Å². The summed E-state index contributed by atoms with van der Waals surface area (Å²) in [4.78, 5) is 14.3. The fourth-order valence-corrected chi connectivity index (χ4v) is 3.52. The number of pyridine rings is 1. The van der Waals surface area contributed by atoms with Crippen LogP contribution in [-0.2, 0) is 12.0 Å². The number of halogens is 1. The largest absolute Gasteiger partial charge is 0.326 e. The number of nitrogens with one attached hydrogen (secondary N) is 1. The van der Waals surface area contributed by atoms with Gasteiger partial charge in [-0.15, -0.1) is 0 Å². The quantitative estimate of drug-likeness (QED) is 0.758. The molecule has 0 amide bonds. The van der Waals surface area contributed by atoms with Gasteiger partial charge < -0.3 is 10.7 Å². The number of aromatic amines is 1. The highest BCUT2D eigenvalue weighted by molar-refractivity contribution is 5.49. The average Bonchev–Trinajstić information content (AvgIpc) is 2.37. The first kappa shape index (κ1) is 12.4. The molecule has 1 heterocycles. The van der Waals surface area contributed by atoms with Crippen LogP contribution in [0.4, 0.5) is 4.39 Å². The molecule has 0 aromatic carbocycles. The molecule has 0 radical (unpaired) electrons. The number of fused-ring (bicyclic) bond motifs is 4. The highest BCUT2D eigenvalue weighted by Gasteiger charge is 2.44. The van der Waals surface area contributed by atoms with Crippen molar-refractivity contribution < 1.29 is 4.39 Å². The number of aromatic nitrogens is 1. The third kappa shape index (κ3) is 1.70. The van der Waals surface area contributed by atoms with Crippen molar-refractivity contribution in [2.45, 2.75) is 25.3 Å². The van der Waals surface area contributed by atoms with Crippen LogP contribution in [0.15, 0.2) is 40.2 Å². The van der Waals surface area contributed by atoms with Gasteiger partial charge in [0.2, 0.25) is 5.56 Å². The van der Waals surface area contributed by atoms with Gasteiger partial charge >= 0.3 is 0 Å². The van der Waals surface area contributed by atoms with Crippen LogP contribution in [0, 0.1) is 5.92 Å². The maximum Gasteiger partial charge on any atom is 0.248 e. The SMILES string of the molecule is C/C=C1\C2C=C(CF)C[C@]1(N)c1ccc(=O)[nH]c1C2. The van der Waals surface area contributed by atoms with Crippen molar-refractivity contribution in [1.29, 1.82) is 0 Å². The third-order valence-corrected chi connectivity index (χ3v) is 4.25. The van der Waals surface area contributed by atoms with Gasteiger partial charge in [-0.05, 0) is 42.5 Å². The highest BCUT2D eigenvalue weighted by Crippen LogP contribution is 2.47. The van der Waals surface area contributed by atoms with Crippen LogP contribution < -0.4 is 11.3 Å². The van der Waals surface area contributed by atoms with Crippen LogP contribution in [0.2, 0.25) is 0 Å². The molecule has 4 heteroatoms. The molecular weight excluding hydrogens is 243 g/mol. The lowest BCUT2D eigenvalue weighted by Crippen LogP contribution is -2.48. The fourth-order valence-electron chi connectivity index (χ4n) is 3.52. The summed E-state index contributed by atoms with van der Waals surface area (Å²) in [5.74, 6) is 0.0973. The minimum Gasteiger partial charge on any atom is -0.326 e. The molecule has 100 valence electrons. The van der Waals surface area contributed by atoms with Crippen molar-refractivity contribution >= 4 is 0 Å². The van der Waals surface area contributed by atoms with Gasteiger partial charge in [0, 0.05) is 17.7 Å². The predicted octanol–water partition coefficient (Wildman–Crippen LogP) is 1.95. The molecule has 2 atom stereocenters. The molecule has 0 fully saturated rings. The molecule has 0 saturated heterocycles. The topological polar surface area (TPSA) is 58.9 Å². The van der Waals surface area contributed by atoms with E-state index >= 15 is 0 Å². The van der Waals surface area contributed by atoms with E-state index in [0.29, 0.717) is 12.8 Å². The Morgan fingerprint density at radius 2 is 2.37 bits per heavy atom. The van der Waals surface area contributed by atoms with E-state index in [2.05, 4.69) is 4.98 Å². The predicted molar refractivity (Wildman–Crippen MR) is 72.6 cm³/mol. The van der Waals surface area contributed by atoms with Crippen LogP contribution in [-0.4, -0.2) is 11.7 Å². The molecule has 1 aromatic heterocycles. The first-order valence-corrected chi connectivity index (χ1v) is 6.52. The van der Waals surface area contributed by atoms with Crippen molar-refractivity contribution in [2.75, 3.05) is 6.67 Å². The summed E-state index contributed by atoms with van der Waals surface area (Å²) in [7, 11) is 0. The Morgan fingerprint density at radius 1 is 1.58 bits per heavy atom. The molecule has 3 N–H and O–H groups in total.